The quantitative estimate of drug-likeness (QED) is 0.385. The Hall–Kier alpha value is -2.69. The molecule has 5 nitrogen and oxygen atoms in total. The van der Waals surface area contributed by atoms with Crippen molar-refractivity contribution in [2.24, 2.45) is 0 Å². The Morgan fingerprint density at radius 3 is 2.31 bits per heavy atom. The van der Waals surface area contributed by atoms with Crippen molar-refractivity contribution < 1.29 is 26.7 Å². The largest absolute Gasteiger partial charge is 0.417 e. The fraction of sp³-hybridized carbons (Fsp3) is 0.136. The van der Waals surface area contributed by atoms with Gasteiger partial charge in [0.25, 0.3) is 10.0 Å². The van der Waals surface area contributed by atoms with E-state index >= 15 is 0 Å². The van der Waals surface area contributed by atoms with Gasteiger partial charge in [-0.1, -0.05) is 33.6 Å². The number of nitrogens with zero attached hydrogens (tertiary/aromatic N) is 2. The zero-order chi connectivity index (χ0) is 23.3. The van der Waals surface area contributed by atoms with Crippen LogP contribution in [0.1, 0.15) is 28.6 Å². The van der Waals surface area contributed by atoms with Crippen molar-refractivity contribution in [1.29, 1.82) is 0 Å². The number of fused-ring (bicyclic) bond motifs is 1. The Kier molecular flexibility index (Phi) is 5.64. The van der Waals surface area contributed by atoms with Crippen LogP contribution in [0.25, 0.3) is 10.9 Å². The van der Waals surface area contributed by atoms with Crippen LogP contribution >= 0.6 is 15.9 Å². The fourth-order valence-corrected chi connectivity index (χ4v) is 5.27. The lowest BCUT2D eigenvalue weighted by atomic mass is 10.1. The third-order valence-corrected chi connectivity index (χ3v) is 7.23. The van der Waals surface area contributed by atoms with E-state index in [0.717, 1.165) is 21.7 Å². The molecule has 4 aromatic rings. The summed E-state index contributed by atoms with van der Waals surface area (Å²) in [5.41, 5.74) is 0.0746. The molecule has 1 N–H and O–H groups in total. The Morgan fingerprint density at radius 2 is 1.72 bits per heavy atom. The molecule has 0 amide bonds. The highest BCUT2D eigenvalue weighted by Crippen LogP contribution is 2.34. The summed E-state index contributed by atoms with van der Waals surface area (Å²) in [5, 5.41) is 11.5. The van der Waals surface area contributed by atoms with Crippen molar-refractivity contribution >= 4 is 36.9 Å². The van der Waals surface area contributed by atoms with Crippen LogP contribution < -0.4 is 0 Å². The Morgan fingerprint density at radius 1 is 1.03 bits per heavy atom. The molecule has 0 aliphatic carbocycles. The second kappa shape index (κ2) is 8.02. The van der Waals surface area contributed by atoms with E-state index in [1.165, 1.54) is 18.2 Å². The lowest BCUT2D eigenvalue weighted by Crippen LogP contribution is -2.18. The molecule has 32 heavy (non-hydrogen) atoms. The molecule has 4 rings (SSSR count). The van der Waals surface area contributed by atoms with Crippen LogP contribution in [0.5, 0.6) is 0 Å². The van der Waals surface area contributed by atoms with Crippen LogP contribution in [-0.2, 0) is 16.2 Å². The predicted molar refractivity (Wildman–Crippen MR) is 117 cm³/mol. The van der Waals surface area contributed by atoms with Crippen LogP contribution in [-0.4, -0.2) is 22.5 Å². The van der Waals surface area contributed by atoms with E-state index in [-0.39, 0.29) is 16.3 Å². The molecule has 0 bridgehead atoms. The number of alkyl halides is 3. The van der Waals surface area contributed by atoms with Crippen molar-refractivity contribution in [2.75, 3.05) is 0 Å². The molecule has 0 aliphatic rings. The summed E-state index contributed by atoms with van der Waals surface area (Å²) in [6.07, 6.45) is -5.55. The van der Waals surface area contributed by atoms with Gasteiger partial charge in [-0.15, -0.1) is 0 Å². The van der Waals surface area contributed by atoms with Crippen molar-refractivity contribution in [3.63, 3.8) is 0 Å². The Balaban J connectivity index is 1.90. The number of benzene rings is 2. The van der Waals surface area contributed by atoms with Gasteiger partial charge in [-0.3, -0.25) is 4.98 Å². The normalized spacial score (nSPS) is 13.4. The van der Waals surface area contributed by atoms with Crippen LogP contribution in [0.2, 0.25) is 0 Å². The molecule has 0 aliphatic heterocycles. The highest BCUT2D eigenvalue weighted by Gasteiger charge is 2.32. The van der Waals surface area contributed by atoms with E-state index < -0.39 is 27.9 Å². The van der Waals surface area contributed by atoms with Crippen LogP contribution in [0, 0.1) is 6.92 Å². The molecule has 10 heteroatoms. The van der Waals surface area contributed by atoms with Gasteiger partial charge in [-0.2, -0.15) is 13.2 Å². The highest BCUT2D eigenvalue weighted by atomic mass is 79.9. The summed E-state index contributed by atoms with van der Waals surface area (Å²) in [7, 11) is -4.13. The molecule has 1 atom stereocenters. The summed E-state index contributed by atoms with van der Waals surface area (Å²) in [5.74, 6) is 0. The van der Waals surface area contributed by atoms with E-state index in [0.29, 0.717) is 21.6 Å². The van der Waals surface area contributed by atoms with Crippen LogP contribution in [0.3, 0.4) is 0 Å². The summed E-state index contributed by atoms with van der Waals surface area (Å²) in [4.78, 5) is 3.74. The molecule has 0 spiro atoms. The third kappa shape index (κ3) is 4.05. The molecular formula is C22H16BrF3N2O3S. The van der Waals surface area contributed by atoms with Gasteiger partial charge in [0.05, 0.1) is 27.4 Å². The number of pyridine rings is 1. The SMILES string of the molecule is Cc1ccc(S(=O)(=O)n2c(C(O)c3ccc(C(F)(F)F)cn3)cc3cc(Br)ccc32)cc1. The molecular weight excluding hydrogens is 509 g/mol. The zero-order valence-electron chi connectivity index (χ0n) is 16.5. The zero-order valence-corrected chi connectivity index (χ0v) is 18.9. The van der Waals surface area contributed by atoms with Gasteiger partial charge >= 0.3 is 6.18 Å². The molecule has 166 valence electrons. The maximum Gasteiger partial charge on any atom is 0.417 e. The number of rotatable bonds is 4. The number of aromatic nitrogens is 2. The highest BCUT2D eigenvalue weighted by molar-refractivity contribution is 9.10. The van der Waals surface area contributed by atoms with Crippen molar-refractivity contribution in [2.45, 2.75) is 24.1 Å². The molecule has 0 fully saturated rings. The number of aliphatic hydroxyl groups excluding tert-OH is 1. The standard InChI is InChI=1S/C22H16BrF3N2O3S/c1-13-2-6-17(7-3-13)32(30,31)28-19-9-5-16(23)10-14(19)11-20(28)21(29)18-8-4-15(12-27-18)22(24,25)26/h2-12,21,29H,1H3. The molecule has 0 saturated carbocycles. The number of hydrogen-bond donors (Lipinski definition) is 1. The number of hydrogen-bond acceptors (Lipinski definition) is 4. The van der Waals surface area contributed by atoms with Crippen molar-refractivity contribution in [3.8, 4) is 0 Å². The van der Waals surface area contributed by atoms with Crippen LogP contribution in [0.15, 0.2) is 76.2 Å². The minimum Gasteiger partial charge on any atom is -0.380 e. The summed E-state index contributed by atoms with van der Waals surface area (Å²) < 4.78 is 67.3. The van der Waals surface area contributed by atoms with Gasteiger partial charge in [-0.25, -0.2) is 12.4 Å². The fourth-order valence-electron chi connectivity index (χ4n) is 3.34. The van der Waals surface area contributed by atoms with E-state index in [2.05, 4.69) is 20.9 Å². The first-order chi connectivity index (χ1) is 15.0. The second-order valence-electron chi connectivity index (χ2n) is 7.23. The molecule has 2 heterocycles. The average molecular weight is 525 g/mol. The van der Waals surface area contributed by atoms with Gasteiger partial charge in [0.1, 0.15) is 6.10 Å². The Bertz CT molecular complexity index is 1400. The smallest absolute Gasteiger partial charge is 0.380 e. The van der Waals surface area contributed by atoms with Crippen LogP contribution in [0.4, 0.5) is 13.2 Å². The van der Waals surface area contributed by atoms with Gasteiger partial charge in [0.2, 0.25) is 0 Å². The summed E-state index contributed by atoms with van der Waals surface area (Å²) in [6.45, 7) is 1.82. The van der Waals surface area contributed by atoms with Gasteiger partial charge in [0.15, 0.2) is 0 Å². The number of halogens is 4. The number of aliphatic hydroxyl groups is 1. The van der Waals surface area contributed by atoms with E-state index in [1.54, 1.807) is 30.3 Å². The average Bonchev–Trinajstić information content (AvgIpc) is 3.12. The van der Waals surface area contributed by atoms with Crippen molar-refractivity contribution in [3.05, 3.63) is 93.8 Å². The minimum absolute atomic E-state index is 0.0114. The maximum absolute atomic E-state index is 13.5. The lowest BCUT2D eigenvalue weighted by molar-refractivity contribution is -0.137. The van der Waals surface area contributed by atoms with Gasteiger partial charge in [-0.05, 0) is 55.5 Å². The van der Waals surface area contributed by atoms with Crippen molar-refractivity contribution in [1.82, 2.24) is 8.96 Å². The topological polar surface area (TPSA) is 72.2 Å². The summed E-state index contributed by atoms with van der Waals surface area (Å²) in [6, 6.07) is 14.5. The molecule has 2 aromatic carbocycles. The molecule has 2 aromatic heterocycles. The third-order valence-electron chi connectivity index (χ3n) is 4.98. The second-order valence-corrected chi connectivity index (χ2v) is 9.93. The first-order valence-electron chi connectivity index (χ1n) is 9.33. The van der Waals surface area contributed by atoms with E-state index in [9.17, 15) is 26.7 Å². The van der Waals surface area contributed by atoms with E-state index in [4.69, 9.17) is 0 Å². The Labute approximate surface area is 190 Å². The molecule has 0 saturated heterocycles. The monoisotopic (exact) mass is 524 g/mol. The molecule has 0 radical (unpaired) electrons. The minimum atomic E-state index is -4.58. The lowest BCUT2D eigenvalue weighted by Gasteiger charge is -2.16. The van der Waals surface area contributed by atoms with E-state index in [1.807, 2.05) is 6.92 Å². The van der Waals surface area contributed by atoms with Gasteiger partial charge in [0, 0.05) is 16.1 Å². The van der Waals surface area contributed by atoms with Gasteiger partial charge < -0.3 is 5.11 Å². The predicted octanol–water partition coefficient (Wildman–Crippen LogP) is 5.44. The first kappa shape index (κ1) is 22.5. The number of aryl methyl sites for hydroxylation is 1. The maximum atomic E-state index is 13.5. The first-order valence-corrected chi connectivity index (χ1v) is 11.6. The summed E-state index contributed by atoms with van der Waals surface area (Å²) >= 11 is 3.34. The molecule has 1 unspecified atom stereocenters.